The van der Waals surface area contributed by atoms with Crippen molar-refractivity contribution in [3.8, 4) is 0 Å². The lowest BCUT2D eigenvalue weighted by Gasteiger charge is -2.33. The third-order valence-corrected chi connectivity index (χ3v) is 18.1. The summed E-state index contributed by atoms with van der Waals surface area (Å²) in [4.78, 5) is 58.0. The van der Waals surface area contributed by atoms with Gasteiger partial charge >= 0.3 is 0 Å². The molecular formula is C58H79ClN6O8S4. The van der Waals surface area contributed by atoms with Gasteiger partial charge in [0.05, 0.1) is 38.9 Å². The van der Waals surface area contributed by atoms with Crippen molar-refractivity contribution in [1.29, 1.82) is 0 Å². The number of hydrogen-bond acceptors (Lipinski definition) is 13. The fourth-order valence-electron chi connectivity index (χ4n) is 10.2. The molecule has 0 radical (unpaired) electrons. The Hall–Kier alpha value is -5.01. The molecule has 2 aliphatic rings. The number of sulfone groups is 2. The summed E-state index contributed by atoms with van der Waals surface area (Å²) in [6.45, 7) is 10.5. The van der Waals surface area contributed by atoms with Crippen molar-refractivity contribution in [1.82, 2.24) is 20.6 Å². The van der Waals surface area contributed by atoms with Crippen LogP contribution in [0, 0.1) is 38.5 Å². The van der Waals surface area contributed by atoms with Gasteiger partial charge in [0, 0.05) is 64.3 Å². The van der Waals surface area contributed by atoms with Crippen molar-refractivity contribution in [3.63, 3.8) is 0 Å². The highest BCUT2D eigenvalue weighted by atomic mass is 35.5. The minimum Gasteiger partial charge on any atom is -0.399 e. The van der Waals surface area contributed by atoms with Gasteiger partial charge in [0.2, 0.25) is 0 Å². The van der Waals surface area contributed by atoms with E-state index in [2.05, 4.69) is 25.9 Å². The smallest absolute Gasteiger partial charge is 0.257 e. The molecule has 77 heavy (non-hydrogen) atoms. The van der Waals surface area contributed by atoms with Gasteiger partial charge in [-0.3, -0.25) is 29.1 Å². The number of aromatic nitrogens is 2. The lowest BCUT2D eigenvalue weighted by molar-refractivity contribution is -0.119. The van der Waals surface area contributed by atoms with Crippen LogP contribution < -0.4 is 21.7 Å². The maximum Gasteiger partial charge on any atom is 0.257 e. The van der Waals surface area contributed by atoms with Gasteiger partial charge in [0.1, 0.15) is 19.7 Å². The van der Waals surface area contributed by atoms with Crippen molar-refractivity contribution in [2.24, 2.45) is 10.8 Å². The molecule has 6 rings (SSSR count). The predicted octanol–water partition coefficient (Wildman–Crippen LogP) is 10.7. The first-order chi connectivity index (χ1) is 36.1. The Kier molecular flexibility index (Phi) is 25.0. The van der Waals surface area contributed by atoms with E-state index in [0.29, 0.717) is 59.6 Å². The van der Waals surface area contributed by atoms with E-state index in [0.717, 1.165) is 109 Å². The molecule has 0 bridgehead atoms. The number of thiocarbonyl (C=S) groups is 2. The average Bonchev–Trinajstić information content (AvgIpc) is 4.05. The minimum absolute atomic E-state index is 0.0116. The maximum atomic E-state index is 12.8. The summed E-state index contributed by atoms with van der Waals surface area (Å²) in [6.07, 6.45) is 19.9. The van der Waals surface area contributed by atoms with Crippen molar-refractivity contribution in [3.05, 3.63) is 118 Å². The highest BCUT2D eigenvalue weighted by Crippen LogP contribution is 2.44. The number of pyridine rings is 2. The van der Waals surface area contributed by atoms with Crippen LogP contribution in [-0.4, -0.2) is 95.6 Å². The Balaban J connectivity index is 0.000000285. The molecule has 0 spiro atoms. The highest BCUT2D eigenvalue weighted by molar-refractivity contribution is 7.90. The van der Waals surface area contributed by atoms with Crippen LogP contribution in [-0.2, 0) is 42.1 Å². The van der Waals surface area contributed by atoms with E-state index in [9.17, 15) is 36.0 Å². The van der Waals surface area contributed by atoms with Crippen molar-refractivity contribution >= 4 is 99.8 Å². The van der Waals surface area contributed by atoms with Crippen molar-refractivity contribution in [2.75, 3.05) is 35.1 Å². The Morgan fingerprint density at radius 3 is 1.32 bits per heavy atom. The van der Waals surface area contributed by atoms with Gasteiger partial charge in [0.15, 0.2) is 11.6 Å². The second-order valence-corrected chi connectivity index (χ2v) is 26.9. The number of unbranched alkanes of at least 4 members (excludes halogenated alkanes) is 2. The molecule has 2 saturated carbocycles. The predicted molar refractivity (Wildman–Crippen MR) is 320 cm³/mol. The highest BCUT2D eigenvalue weighted by Gasteiger charge is 2.40. The molecule has 2 aromatic heterocycles. The zero-order valence-corrected chi connectivity index (χ0v) is 50.1. The number of Topliss-reactive ketones (excluding diaryl/α,β-unsaturated/α-hetero) is 2. The molecule has 2 unspecified atom stereocenters. The number of halogens is 1. The zero-order valence-electron chi connectivity index (χ0n) is 46.1. The number of aryl methyl sites for hydroxylation is 4. The molecule has 0 saturated heterocycles. The number of nitrogens with two attached hydrogens (primary N) is 1. The SMILES string of the molecule is CC(=O)C(Cc1ccc(N)cc1)NC(=S)C1(CCCCS(C)(=O)=O)CCCC1.CC(=O)C(Cc1ccc(NC(=O)c2c(C)ccnc2C)cc1)NC(=S)C1(CCCCS(C)(=O)=O)CCCC1.Cc1ccnc(C)c1C(=O)Cl. The molecule has 2 fully saturated rings. The number of ketones is 2. The van der Waals surface area contributed by atoms with E-state index in [1.54, 1.807) is 39.2 Å². The quantitative estimate of drug-likeness (QED) is 0.0235. The summed E-state index contributed by atoms with van der Waals surface area (Å²) in [7, 11) is -5.90. The van der Waals surface area contributed by atoms with E-state index >= 15 is 0 Å². The van der Waals surface area contributed by atoms with Crippen molar-refractivity contribution < 1.29 is 36.0 Å². The third kappa shape index (κ3) is 21.0. The number of nitrogens with zero attached hydrogens (tertiary/aromatic N) is 2. The molecule has 14 nitrogen and oxygen atoms in total. The van der Waals surface area contributed by atoms with E-state index in [4.69, 9.17) is 41.8 Å². The zero-order chi connectivity index (χ0) is 57.1. The van der Waals surface area contributed by atoms with Gasteiger partial charge in [-0.2, -0.15) is 0 Å². The number of rotatable bonds is 23. The number of benzene rings is 2. The minimum atomic E-state index is -2.97. The Bertz CT molecular complexity index is 2880. The van der Waals surface area contributed by atoms with Gasteiger partial charge < -0.3 is 21.7 Å². The molecule has 2 heterocycles. The first kappa shape index (κ1) is 64.5. The largest absolute Gasteiger partial charge is 0.399 e. The Labute approximate surface area is 473 Å². The van der Waals surface area contributed by atoms with Crippen LogP contribution in [0.3, 0.4) is 0 Å². The van der Waals surface area contributed by atoms with E-state index < -0.39 is 31.0 Å². The molecule has 4 aromatic rings. The normalized spacial score (nSPS) is 15.3. The molecule has 19 heteroatoms. The first-order valence-corrected chi connectivity index (χ1v) is 31.7. The van der Waals surface area contributed by atoms with Crippen molar-refractivity contribution in [2.45, 2.75) is 156 Å². The number of anilines is 2. The van der Waals surface area contributed by atoms with Gasteiger partial charge in [-0.05, 0) is 176 Å². The average molecular weight is 1150 g/mol. The molecule has 2 aliphatic carbocycles. The number of carbonyl (C=O) groups is 4. The lowest BCUT2D eigenvalue weighted by Crippen LogP contribution is -2.47. The Morgan fingerprint density at radius 2 is 0.987 bits per heavy atom. The third-order valence-electron chi connectivity index (χ3n) is 14.7. The van der Waals surface area contributed by atoms with Crippen LogP contribution in [0.4, 0.5) is 11.4 Å². The summed E-state index contributed by atoms with van der Waals surface area (Å²) < 4.78 is 45.7. The number of nitrogens with one attached hydrogen (secondary N) is 3. The summed E-state index contributed by atoms with van der Waals surface area (Å²) >= 11 is 17.0. The number of carbonyl (C=O) groups excluding carboxylic acids is 4. The van der Waals surface area contributed by atoms with Crippen LogP contribution in [0.25, 0.3) is 0 Å². The van der Waals surface area contributed by atoms with E-state index in [1.807, 2.05) is 75.4 Å². The standard InChI is InChI=1S/C29H39N3O4S2.C21H32N2O3S2.C8H8ClNO/c1-20-13-17-30-21(2)26(20)27(34)31-24-11-9-23(10-12-24)19-25(22(3)33)32-28(37)29(14-5-6-15-29)16-7-8-18-38(4,35)36;1-16(24)19(15-17-7-9-18(22)10-8-17)23-20(27)21(11-3-4-12-21)13-5-6-14-28(2,25)26;1-5-3-4-10-6(2)7(5)8(9)11/h9-13,17,25H,5-8,14-16,18-19H2,1-4H3,(H,31,34)(H,32,37);7-10,19H,3-6,11-15,22H2,1-2H3,(H,23,27);3-4H,1-2H3. The molecular weight excluding hydrogens is 1070 g/mol. The van der Waals surface area contributed by atoms with E-state index in [-0.39, 0.29) is 45.9 Å². The fourth-order valence-corrected chi connectivity index (χ4v) is 12.9. The molecule has 2 atom stereocenters. The van der Waals surface area contributed by atoms with Gasteiger partial charge in [-0.25, -0.2) is 16.8 Å². The molecule has 0 aliphatic heterocycles. The topological polar surface area (TPSA) is 224 Å². The summed E-state index contributed by atoms with van der Waals surface area (Å²) in [5.74, 6) is 0.281. The second kappa shape index (κ2) is 29.8. The van der Waals surface area contributed by atoms with Gasteiger partial charge in [0.25, 0.3) is 11.1 Å². The van der Waals surface area contributed by atoms with Crippen LogP contribution in [0.5, 0.6) is 0 Å². The summed E-state index contributed by atoms with van der Waals surface area (Å²) in [5.41, 5.74) is 13.0. The molecule has 5 N–H and O–H groups in total. The summed E-state index contributed by atoms with van der Waals surface area (Å²) in [6, 6.07) is 17.8. The maximum absolute atomic E-state index is 12.8. The van der Waals surface area contributed by atoms with E-state index in [1.165, 1.54) is 12.5 Å². The first-order valence-electron chi connectivity index (χ1n) is 26.4. The van der Waals surface area contributed by atoms with Crippen LogP contribution in [0.2, 0.25) is 0 Å². The Morgan fingerprint density at radius 1 is 0.610 bits per heavy atom. The monoisotopic (exact) mass is 1150 g/mol. The molecule has 420 valence electrons. The fraction of sp³-hybridized carbons (Fsp3) is 0.517. The second-order valence-electron chi connectivity index (χ2n) is 21.2. The van der Waals surface area contributed by atoms with Crippen LogP contribution in [0.1, 0.15) is 158 Å². The van der Waals surface area contributed by atoms with Crippen LogP contribution in [0.15, 0.2) is 73.1 Å². The van der Waals surface area contributed by atoms with Gasteiger partial charge in [-0.15, -0.1) is 0 Å². The van der Waals surface area contributed by atoms with Crippen LogP contribution >= 0.6 is 36.0 Å². The summed E-state index contributed by atoms with van der Waals surface area (Å²) in [5, 5.41) is 9.22. The number of amides is 1. The molecule has 2 aromatic carbocycles. The number of nitrogen functional groups attached to an aromatic ring is 1. The number of hydrogen-bond donors (Lipinski definition) is 4. The molecule has 1 amide bonds. The van der Waals surface area contributed by atoms with Gasteiger partial charge in [-0.1, -0.05) is 87.2 Å². The lowest BCUT2D eigenvalue weighted by atomic mass is 9.80.